The smallest absolute Gasteiger partial charge is 0.294 e. The van der Waals surface area contributed by atoms with E-state index in [2.05, 4.69) is 10.2 Å². The Balaban J connectivity index is 1.80. The van der Waals surface area contributed by atoms with E-state index >= 15 is 0 Å². The van der Waals surface area contributed by atoms with E-state index in [9.17, 15) is 22.8 Å². The van der Waals surface area contributed by atoms with Gasteiger partial charge in [0.05, 0.1) is 10.9 Å². The van der Waals surface area contributed by atoms with Gasteiger partial charge in [-0.05, 0) is 30.2 Å². The lowest BCUT2D eigenvalue weighted by Gasteiger charge is -2.08. The highest BCUT2D eigenvalue weighted by atomic mass is 35.5. The first kappa shape index (κ1) is 18.1. The largest absolute Gasteiger partial charge is 0.416 e. The molecule has 0 atom stereocenters. The second-order valence-corrected chi connectivity index (χ2v) is 6.08. The Kier molecular flexibility index (Phi) is 4.82. The van der Waals surface area contributed by atoms with Crippen molar-refractivity contribution in [2.24, 2.45) is 0 Å². The highest BCUT2D eigenvalue weighted by Gasteiger charge is 2.30. The Bertz CT molecular complexity index is 1040. The summed E-state index contributed by atoms with van der Waals surface area (Å²) in [5.74, 6) is -0.263. The lowest BCUT2D eigenvalue weighted by Crippen LogP contribution is -2.09. The minimum absolute atomic E-state index is 0.0288. The van der Waals surface area contributed by atoms with E-state index in [0.717, 1.165) is 12.1 Å². The van der Waals surface area contributed by atoms with Crippen LogP contribution < -0.4 is 5.56 Å². The first-order valence-electron chi connectivity index (χ1n) is 7.63. The third kappa shape index (κ3) is 3.77. The number of carbonyl (C=O) groups is 1. The van der Waals surface area contributed by atoms with Crippen LogP contribution >= 0.6 is 11.6 Å². The molecule has 26 heavy (non-hydrogen) atoms. The van der Waals surface area contributed by atoms with Crippen molar-refractivity contribution < 1.29 is 18.0 Å². The molecule has 1 N–H and O–H groups in total. The summed E-state index contributed by atoms with van der Waals surface area (Å²) >= 11 is 5.94. The molecule has 0 aliphatic carbocycles. The van der Waals surface area contributed by atoms with Gasteiger partial charge in [0, 0.05) is 17.4 Å². The second kappa shape index (κ2) is 6.92. The van der Waals surface area contributed by atoms with Gasteiger partial charge in [-0.1, -0.05) is 35.9 Å². The number of aryl methyl sites for hydroxylation is 1. The molecule has 0 fully saturated rings. The minimum Gasteiger partial charge on any atom is -0.294 e. The number of nitrogens with one attached hydrogen (secondary N) is 1. The average Bonchev–Trinajstić information content (AvgIpc) is 2.62. The molecule has 4 nitrogen and oxygen atoms in total. The van der Waals surface area contributed by atoms with Crippen LogP contribution in [0.3, 0.4) is 0 Å². The molecule has 0 saturated heterocycles. The van der Waals surface area contributed by atoms with E-state index in [-0.39, 0.29) is 23.8 Å². The van der Waals surface area contributed by atoms with Crippen molar-refractivity contribution in [3.05, 3.63) is 74.7 Å². The normalized spacial score (nSPS) is 11.7. The summed E-state index contributed by atoms with van der Waals surface area (Å²) in [6.45, 7) is 0. The van der Waals surface area contributed by atoms with E-state index in [1.165, 1.54) is 24.3 Å². The number of halogens is 4. The second-order valence-electron chi connectivity index (χ2n) is 5.73. The monoisotopic (exact) mass is 380 g/mol. The summed E-state index contributed by atoms with van der Waals surface area (Å²) in [5, 5.41) is 6.60. The number of aromatic nitrogens is 2. The number of fused-ring (bicyclic) bond motifs is 1. The van der Waals surface area contributed by atoms with Crippen molar-refractivity contribution in [3.8, 4) is 0 Å². The van der Waals surface area contributed by atoms with Crippen LogP contribution in [0.5, 0.6) is 0 Å². The van der Waals surface area contributed by atoms with Gasteiger partial charge in [-0.15, -0.1) is 0 Å². The molecular weight excluding hydrogens is 369 g/mol. The number of aromatic amines is 1. The summed E-state index contributed by atoms with van der Waals surface area (Å²) < 4.78 is 38.2. The molecule has 3 rings (SSSR count). The molecule has 0 spiro atoms. The lowest BCUT2D eigenvalue weighted by atomic mass is 10.00. The van der Waals surface area contributed by atoms with Crippen molar-refractivity contribution in [1.29, 1.82) is 0 Å². The van der Waals surface area contributed by atoms with Gasteiger partial charge in [0.15, 0.2) is 10.9 Å². The van der Waals surface area contributed by atoms with Crippen molar-refractivity contribution in [3.63, 3.8) is 0 Å². The summed E-state index contributed by atoms with van der Waals surface area (Å²) in [6, 6.07) is 9.31. The van der Waals surface area contributed by atoms with E-state index in [4.69, 9.17) is 11.6 Å². The van der Waals surface area contributed by atoms with Gasteiger partial charge in [0.25, 0.3) is 5.56 Å². The fraction of sp³-hybridized carbons (Fsp3) is 0.167. The van der Waals surface area contributed by atoms with Gasteiger partial charge in [-0.3, -0.25) is 9.59 Å². The Hall–Kier alpha value is -2.67. The molecule has 8 heteroatoms. The van der Waals surface area contributed by atoms with E-state index < -0.39 is 17.3 Å². The van der Waals surface area contributed by atoms with Gasteiger partial charge in [-0.25, -0.2) is 5.10 Å². The predicted molar refractivity (Wildman–Crippen MR) is 91.5 cm³/mol. The molecule has 1 heterocycles. The number of hydrogen-bond acceptors (Lipinski definition) is 3. The molecular formula is C18H12ClF3N2O2. The van der Waals surface area contributed by atoms with Gasteiger partial charge in [0.2, 0.25) is 0 Å². The first-order chi connectivity index (χ1) is 12.3. The molecule has 0 aliphatic rings. The Labute approximate surface area is 150 Å². The third-order valence-electron chi connectivity index (χ3n) is 3.96. The van der Waals surface area contributed by atoms with E-state index in [1.54, 1.807) is 6.07 Å². The number of carbonyl (C=O) groups excluding carboxylic acids is 1. The summed E-state index contributed by atoms with van der Waals surface area (Å²) in [6.07, 6.45) is -4.22. The molecule has 0 unspecified atom stereocenters. The lowest BCUT2D eigenvalue weighted by molar-refractivity contribution is -0.137. The van der Waals surface area contributed by atoms with Gasteiger partial charge >= 0.3 is 6.18 Å². The van der Waals surface area contributed by atoms with E-state index in [1.807, 2.05) is 0 Å². The number of alkyl halides is 3. The molecule has 0 aliphatic heterocycles. The molecule has 2 aromatic carbocycles. The van der Waals surface area contributed by atoms with Gasteiger partial charge in [-0.2, -0.15) is 18.3 Å². The molecule has 0 amide bonds. The van der Waals surface area contributed by atoms with Crippen LogP contribution in [0.25, 0.3) is 10.8 Å². The predicted octanol–water partition coefficient (Wildman–Crippen LogP) is 4.41. The number of rotatable bonds is 4. The first-order valence-corrected chi connectivity index (χ1v) is 8.01. The standard InChI is InChI=1S/C18H12ClF3N2O2/c19-16-14-9-11(5-6-13(14)17(26)24-23-16)15(25)7-4-10-2-1-3-12(8-10)18(20,21)22/h1-3,5-6,8-9H,4,7H2,(H,24,26). The van der Waals surface area contributed by atoms with Crippen LogP contribution in [-0.4, -0.2) is 16.0 Å². The topological polar surface area (TPSA) is 62.8 Å². The number of ketones is 1. The molecule has 1 aromatic heterocycles. The quantitative estimate of drug-likeness (QED) is 0.682. The Morgan fingerprint density at radius 1 is 1.12 bits per heavy atom. The maximum atomic E-state index is 12.7. The minimum atomic E-state index is -4.42. The summed E-state index contributed by atoms with van der Waals surface area (Å²) in [7, 11) is 0. The number of Topliss-reactive ketones (excluding diaryl/α,β-unsaturated/α-hetero) is 1. The number of nitrogens with zero attached hydrogens (tertiary/aromatic N) is 1. The van der Waals surface area contributed by atoms with Gasteiger partial charge < -0.3 is 0 Å². The molecule has 134 valence electrons. The van der Waals surface area contributed by atoms with Crippen LogP contribution in [0.1, 0.15) is 27.9 Å². The number of H-pyrrole nitrogens is 1. The molecule has 0 saturated carbocycles. The zero-order valence-electron chi connectivity index (χ0n) is 13.2. The van der Waals surface area contributed by atoms with Crippen LogP contribution in [-0.2, 0) is 12.6 Å². The molecule has 0 radical (unpaired) electrons. The average molecular weight is 381 g/mol. The highest BCUT2D eigenvalue weighted by molar-refractivity contribution is 6.34. The van der Waals surface area contributed by atoms with Crippen LogP contribution in [0.15, 0.2) is 47.3 Å². The highest BCUT2D eigenvalue weighted by Crippen LogP contribution is 2.30. The van der Waals surface area contributed by atoms with Crippen molar-refractivity contribution >= 4 is 28.2 Å². The summed E-state index contributed by atoms with van der Waals surface area (Å²) in [5.41, 5.74) is -0.429. The van der Waals surface area contributed by atoms with Crippen molar-refractivity contribution in [1.82, 2.24) is 10.2 Å². The maximum absolute atomic E-state index is 12.7. The van der Waals surface area contributed by atoms with Crippen molar-refractivity contribution in [2.45, 2.75) is 19.0 Å². The fourth-order valence-corrected chi connectivity index (χ4v) is 2.81. The fourth-order valence-electron chi connectivity index (χ4n) is 2.61. The Morgan fingerprint density at radius 2 is 1.88 bits per heavy atom. The van der Waals surface area contributed by atoms with Crippen molar-refractivity contribution in [2.75, 3.05) is 0 Å². The zero-order valence-corrected chi connectivity index (χ0v) is 14.0. The number of hydrogen-bond donors (Lipinski definition) is 1. The van der Waals surface area contributed by atoms with E-state index in [0.29, 0.717) is 21.9 Å². The van der Waals surface area contributed by atoms with Gasteiger partial charge in [0.1, 0.15) is 0 Å². The van der Waals surface area contributed by atoms with Crippen LogP contribution in [0.2, 0.25) is 5.15 Å². The SMILES string of the molecule is O=C(CCc1cccc(C(F)(F)F)c1)c1ccc2c(=O)[nH]nc(Cl)c2c1. The van der Waals surface area contributed by atoms with Crippen LogP contribution in [0, 0.1) is 0 Å². The number of benzene rings is 2. The third-order valence-corrected chi connectivity index (χ3v) is 4.25. The zero-order chi connectivity index (χ0) is 18.9. The Morgan fingerprint density at radius 3 is 2.62 bits per heavy atom. The molecule has 3 aromatic rings. The maximum Gasteiger partial charge on any atom is 0.416 e. The molecule has 0 bridgehead atoms. The summed E-state index contributed by atoms with van der Waals surface area (Å²) in [4.78, 5) is 24.1. The van der Waals surface area contributed by atoms with Crippen LogP contribution in [0.4, 0.5) is 13.2 Å².